The molecule has 2 N–H and O–H groups in total. The maximum Gasteiger partial charge on any atom is 0.122 e. The van der Waals surface area contributed by atoms with Crippen molar-refractivity contribution in [3.05, 3.63) is 24.2 Å². The van der Waals surface area contributed by atoms with Gasteiger partial charge in [-0.3, -0.25) is 4.90 Å². The zero-order valence-corrected chi connectivity index (χ0v) is 12.3. The van der Waals surface area contributed by atoms with Crippen molar-refractivity contribution in [3.8, 4) is 0 Å². The Hall–Kier alpha value is -0.800. The summed E-state index contributed by atoms with van der Waals surface area (Å²) in [6.07, 6.45) is 9.66. The molecular formula is C16H28N2O. The van der Waals surface area contributed by atoms with Gasteiger partial charge in [0.1, 0.15) is 5.76 Å². The molecule has 0 aromatic carbocycles. The normalized spacial score (nSPS) is 20.6. The van der Waals surface area contributed by atoms with Crippen LogP contribution >= 0.6 is 0 Å². The summed E-state index contributed by atoms with van der Waals surface area (Å²) in [5, 5.41) is 0. The third-order valence-electron chi connectivity index (χ3n) is 4.46. The van der Waals surface area contributed by atoms with E-state index in [0.717, 1.165) is 24.6 Å². The van der Waals surface area contributed by atoms with Gasteiger partial charge in [0.05, 0.1) is 12.3 Å². The lowest BCUT2D eigenvalue weighted by molar-refractivity contribution is 0.144. The van der Waals surface area contributed by atoms with Crippen molar-refractivity contribution in [1.82, 2.24) is 4.90 Å². The number of nitrogens with zero attached hydrogens (tertiary/aromatic N) is 1. The summed E-state index contributed by atoms with van der Waals surface area (Å²) >= 11 is 0. The molecule has 0 amide bonds. The van der Waals surface area contributed by atoms with Crippen LogP contribution in [0.4, 0.5) is 0 Å². The molecule has 1 aromatic heterocycles. The Bertz CT molecular complexity index is 344. The van der Waals surface area contributed by atoms with Gasteiger partial charge in [-0.2, -0.15) is 0 Å². The molecule has 3 nitrogen and oxygen atoms in total. The summed E-state index contributed by atoms with van der Waals surface area (Å²) in [6.45, 7) is 3.29. The number of hydrogen-bond donors (Lipinski definition) is 1. The van der Waals surface area contributed by atoms with E-state index in [2.05, 4.69) is 24.9 Å². The van der Waals surface area contributed by atoms with Gasteiger partial charge in [0.15, 0.2) is 0 Å². The van der Waals surface area contributed by atoms with Crippen molar-refractivity contribution in [3.63, 3.8) is 0 Å². The number of likely N-dealkylation sites (N-methyl/N-ethyl adjacent to an activating group) is 1. The Kier molecular flexibility index (Phi) is 5.46. The first-order valence-electron chi connectivity index (χ1n) is 7.71. The topological polar surface area (TPSA) is 42.4 Å². The van der Waals surface area contributed by atoms with Gasteiger partial charge in [-0.15, -0.1) is 0 Å². The van der Waals surface area contributed by atoms with Gasteiger partial charge in [-0.05, 0) is 44.4 Å². The smallest absolute Gasteiger partial charge is 0.122 e. The number of hydrogen-bond acceptors (Lipinski definition) is 3. The minimum absolute atomic E-state index is 0.139. The van der Waals surface area contributed by atoms with E-state index in [4.69, 9.17) is 10.2 Å². The van der Waals surface area contributed by atoms with Crippen LogP contribution in [0.25, 0.3) is 0 Å². The Labute approximate surface area is 117 Å². The van der Waals surface area contributed by atoms with Crippen LogP contribution in [0.5, 0.6) is 0 Å². The molecule has 3 heteroatoms. The molecule has 0 saturated heterocycles. The fraction of sp³-hybridized carbons (Fsp3) is 0.750. The zero-order valence-electron chi connectivity index (χ0n) is 12.3. The average Bonchev–Trinajstić information content (AvgIpc) is 2.93. The molecule has 1 aliphatic carbocycles. The van der Waals surface area contributed by atoms with Crippen LogP contribution in [-0.4, -0.2) is 24.5 Å². The van der Waals surface area contributed by atoms with Gasteiger partial charge < -0.3 is 10.2 Å². The highest BCUT2D eigenvalue weighted by molar-refractivity contribution is 5.07. The van der Waals surface area contributed by atoms with Crippen LogP contribution in [0.2, 0.25) is 0 Å². The summed E-state index contributed by atoms with van der Waals surface area (Å²) in [7, 11) is 2.19. The molecule has 2 unspecified atom stereocenters. The highest BCUT2D eigenvalue weighted by Crippen LogP contribution is 2.29. The molecule has 0 radical (unpaired) electrons. The Morgan fingerprint density at radius 2 is 2.11 bits per heavy atom. The van der Waals surface area contributed by atoms with E-state index >= 15 is 0 Å². The van der Waals surface area contributed by atoms with Crippen LogP contribution < -0.4 is 5.73 Å². The Balaban J connectivity index is 2.00. The summed E-state index contributed by atoms with van der Waals surface area (Å²) in [5.74, 6) is 1.84. The van der Waals surface area contributed by atoms with Crippen LogP contribution in [0.3, 0.4) is 0 Å². The second-order valence-electron chi connectivity index (χ2n) is 5.98. The number of nitrogens with two attached hydrogens (primary N) is 1. The fourth-order valence-electron chi connectivity index (χ4n) is 3.33. The maximum absolute atomic E-state index is 6.31. The SMILES string of the molecule is CCC(N)C(c1ccco1)N(C)CC1CCCCC1. The van der Waals surface area contributed by atoms with Gasteiger partial charge >= 0.3 is 0 Å². The third kappa shape index (κ3) is 3.83. The minimum atomic E-state index is 0.139. The first kappa shape index (κ1) is 14.6. The zero-order chi connectivity index (χ0) is 13.7. The predicted octanol–water partition coefficient (Wildman–Crippen LogP) is 3.57. The van der Waals surface area contributed by atoms with Gasteiger partial charge in [0.2, 0.25) is 0 Å². The molecular weight excluding hydrogens is 236 g/mol. The molecule has 19 heavy (non-hydrogen) atoms. The van der Waals surface area contributed by atoms with Gasteiger partial charge in [-0.1, -0.05) is 26.2 Å². The lowest BCUT2D eigenvalue weighted by Crippen LogP contribution is -2.41. The third-order valence-corrected chi connectivity index (χ3v) is 4.46. The van der Waals surface area contributed by atoms with Crippen LogP contribution in [0.15, 0.2) is 22.8 Å². The average molecular weight is 264 g/mol. The van der Waals surface area contributed by atoms with E-state index in [-0.39, 0.29) is 12.1 Å². The molecule has 2 atom stereocenters. The van der Waals surface area contributed by atoms with Crippen molar-refractivity contribution < 1.29 is 4.42 Å². The van der Waals surface area contributed by atoms with Crippen molar-refractivity contribution in [1.29, 1.82) is 0 Å². The van der Waals surface area contributed by atoms with Crippen LogP contribution in [-0.2, 0) is 0 Å². The molecule has 1 saturated carbocycles. The molecule has 0 aliphatic heterocycles. The standard InChI is InChI=1S/C16H28N2O/c1-3-14(17)16(15-10-7-11-19-15)18(2)12-13-8-5-4-6-9-13/h7,10-11,13-14,16H,3-6,8-9,12,17H2,1-2H3. The quantitative estimate of drug-likeness (QED) is 0.854. The fourth-order valence-corrected chi connectivity index (χ4v) is 3.33. The van der Waals surface area contributed by atoms with E-state index in [1.807, 2.05) is 6.07 Å². The minimum Gasteiger partial charge on any atom is -0.468 e. The van der Waals surface area contributed by atoms with E-state index in [0.29, 0.717) is 0 Å². The van der Waals surface area contributed by atoms with Crippen molar-refractivity contribution in [2.24, 2.45) is 11.7 Å². The van der Waals surface area contributed by atoms with E-state index in [9.17, 15) is 0 Å². The number of furan rings is 1. The van der Waals surface area contributed by atoms with Crippen LogP contribution in [0, 0.1) is 5.92 Å². The Morgan fingerprint density at radius 1 is 1.37 bits per heavy atom. The van der Waals surface area contributed by atoms with Crippen molar-refractivity contribution in [2.45, 2.75) is 57.5 Å². The first-order valence-corrected chi connectivity index (χ1v) is 7.71. The first-order chi connectivity index (χ1) is 9.22. The van der Waals surface area contributed by atoms with E-state index in [1.165, 1.54) is 32.1 Å². The summed E-state index contributed by atoms with van der Waals surface area (Å²) in [6, 6.07) is 4.36. The van der Waals surface area contributed by atoms with Gasteiger partial charge in [-0.25, -0.2) is 0 Å². The maximum atomic E-state index is 6.31. The van der Waals surface area contributed by atoms with Crippen molar-refractivity contribution in [2.75, 3.05) is 13.6 Å². The summed E-state index contributed by atoms with van der Waals surface area (Å²) < 4.78 is 5.61. The monoisotopic (exact) mass is 264 g/mol. The number of rotatable bonds is 6. The second kappa shape index (κ2) is 7.11. The summed E-state index contributed by atoms with van der Waals surface area (Å²) in [5.41, 5.74) is 6.31. The van der Waals surface area contributed by atoms with Crippen LogP contribution in [0.1, 0.15) is 57.3 Å². The van der Waals surface area contributed by atoms with E-state index < -0.39 is 0 Å². The largest absolute Gasteiger partial charge is 0.468 e. The molecule has 1 aliphatic rings. The molecule has 0 spiro atoms. The van der Waals surface area contributed by atoms with E-state index in [1.54, 1.807) is 6.26 Å². The molecule has 2 rings (SSSR count). The predicted molar refractivity (Wildman–Crippen MR) is 78.9 cm³/mol. The van der Waals surface area contributed by atoms with Gasteiger partial charge in [0.25, 0.3) is 0 Å². The molecule has 1 fully saturated rings. The highest BCUT2D eigenvalue weighted by atomic mass is 16.3. The molecule has 108 valence electrons. The summed E-state index contributed by atoms with van der Waals surface area (Å²) in [4.78, 5) is 2.41. The Morgan fingerprint density at radius 3 is 2.68 bits per heavy atom. The molecule has 1 aromatic rings. The molecule has 1 heterocycles. The molecule has 0 bridgehead atoms. The lowest BCUT2D eigenvalue weighted by atomic mass is 9.88. The lowest BCUT2D eigenvalue weighted by Gasteiger charge is -2.34. The highest BCUT2D eigenvalue weighted by Gasteiger charge is 2.27. The second-order valence-corrected chi connectivity index (χ2v) is 5.98. The van der Waals surface area contributed by atoms with Gasteiger partial charge in [0, 0.05) is 12.6 Å². The van der Waals surface area contributed by atoms with Crippen molar-refractivity contribution >= 4 is 0 Å².